The van der Waals surface area contributed by atoms with Gasteiger partial charge < -0.3 is 18.9 Å². The van der Waals surface area contributed by atoms with Gasteiger partial charge in [0.25, 0.3) is 5.69 Å². The summed E-state index contributed by atoms with van der Waals surface area (Å²) in [5, 5.41) is 10.7. The zero-order valence-electron chi connectivity index (χ0n) is 14.2. The molecular formula is C17H17NO8. The highest BCUT2D eigenvalue weighted by molar-refractivity contribution is 5.93. The molecule has 0 N–H and O–H groups in total. The molecule has 138 valence electrons. The van der Waals surface area contributed by atoms with E-state index in [0.29, 0.717) is 0 Å². The third-order valence-electron chi connectivity index (χ3n) is 4.88. The summed E-state index contributed by atoms with van der Waals surface area (Å²) in [5.41, 5.74) is -1.44. The molecule has 0 aromatic heterocycles. The maximum Gasteiger partial charge on any atom is 0.351 e. The van der Waals surface area contributed by atoms with Crippen LogP contribution in [0.3, 0.4) is 0 Å². The van der Waals surface area contributed by atoms with Crippen LogP contribution in [-0.4, -0.2) is 46.6 Å². The second-order valence-corrected chi connectivity index (χ2v) is 7.18. The number of benzene rings is 1. The first kappa shape index (κ1) is 16.9. The van der Waals surface area contributed by atoms with Crippen molar-refractivity contribution in [3.63, 3.8) is 0 Å². The molecule has 1 saturated carbocycles. The fraction of sp³-hybridized carbons (Fsp3) is 0.529. The lowest BCUT2D eigenvalue weighted by atomic mass is 9.82. The van der Waals surface area contributed by atoms with E-state index in [-0.39, 0.29) is 30.2 Å². The molecule has 0 unspecified atom stereocenters. The van der Waals surface area contributed by atoms with Crippen LogP contribution in [0, 0.1) is 10.1 Å². The molecule has 2 heterocycles. The van der Waals surface area contributed by atoms with Gasteiger partial charge in [0.05, 0.1) is 16.6 Å². The van der Waals surface area contributed by atoms with Crippen LogP contribution in [0.4, 0.5) is 5.69 Å². The van der Waals surface area contributed by atoms with E-state index in [0.717, 1.165) is 0 Å². The number of esters is 2. The Balaban J connectivity index is 1.54. The summed E-state index contributed by atoms with van der Waals surface area (Å²) >= 11 is 0. The molecule has 26 heavy (non-hydrogen) atoms. The van der Waals surface area contributed by atoms with E-state index in [2.05, 4.69) is 0 Å². The monoisotopic (exact) mass is 363 g/mol. The van der Waals surface area contributed by atoms with Crippen LogP contribution < -0.4 is 0 Å². The second-order valence-electron chi connectivity index (χ2n) is 7.18. The molecule has 2 bridgehead atoms. The predicted octanol–water partition coefficient (Wildman–Crippen LogP) is 1.73. The van der Waals surface area contributed by atoms with Gasteiger partial charge in [0, 0.05) is 25.0 Å². The van der Waals surface area contributed by atoms with Gasteiger partial charge in [0.2, 0.25) is 5.60 Å². The maximum atomic E-state index is 12.5. The molecule has 4 atom stereocenters. The molecule has 3 fully saturated rings. The third-order valence-corrected chi connectivity index (χ3v) is 4.88. The molecular weight excluding hydrogens is 346 g/mol. The van der Waals surface area contributed by atoms with Crippen molar-refractivity contribution in [3.05, 3.63) is 39.9 Å². The molecule has 2 aliphatic heterocycles. The first-order valence-electron chi connectivity index (χ1n) is 8.24. The molecule has 9 heteroatoms. The lowest BCUT2D eigenvalue weighted by Crippen LogP contribution is -2.49. The third kappa shape index (κ3) is 2.63. The molecule has 3 aliphatic rings. The van der Waals surface area contributed by atoms with Crippen molar-refractivity contribution in [2.24, 2.45) is 0 Å². The first-order chi connectivity index (χ1) is 12.2. The van der Waals surface area contributed by atoms with E-state index in [1.165, 1.54) is 24.3 Å². The number of non-ortho nitro benzene ring substituents is 1. The topological polar surface area (TPSA) is 114 Å². The molecule has 9 nitrogen and oxygen atoms in total. The lowest BCUT2D eigenvalue weighted by molar-refractivity contribution is -0.384. The predicted molar refractivity (Wildman–Crippen MR) is 84.2 cm³/mol. The van der Waals surface area contributed by atoms with E-state index in [1.807, 2.05) is 0 Å². The van der Waals surface area contributed by atoms with E-state index in [1.54, 1.807) is 13.8 Å². The number of ether oxygens (including phenoxy) is 4. The number of carbonyl (C=O) groups is 2. The quantitative estimate of drug-likeness (QED) is 0.453. The van der Waals surface area contributed by atoms with Crippen molar-refractivity contribution < 1.29 is 33.5 Å². The number of hydrogen-bond donors (Lipinski definition) is 0. The van der Waals surface area contributed by atoms with Crippen molar-refractivity contribution in [1.82, 2.24) is 0 Å². The number of nitro benzene ring substituents is 1. The summed E-state index contributed by atoms with van der Waals surface area (Å²) in [4.78, 5) is 35.0. The van der Waals surface area contributed by atoms with E-state index in [9.17, 15) is 19.7 Å². The van der Waals surface area contributed by atoms with Crippen molar-refractivity contribution in [2.75, 3.05) is 0 Å². The van der Waals surface area contributed by atoms with Gasteiger partial charge in [-0.1, -0.05) is 0 Å². The van der Waals surface area contributed by atoms with Crippen LogP contribution in [0.5, 0.6) is 0 Å². The normalized spacial score (nSPS) is 34.1. The Morgan fingerprint density at radius 1 is 1.19 bits per heavy atom. The standard InChI is InChI=1S/C17H17NO8/c1-16(2)24-12-8-17(7-11(13(12)25-16)23-15(17)20)26-14(19)9-3-5-10(6-4-9)18(21)22/h3-6,11-13H,7-8H2,1-2H3/t11-,12+,13-,17+/m0/s1. The number of rotatable bonds is 3. The Bertz CT molecular complexity index is 788. The summed E-state index contributed by atoms with van der Waals surface area (Å²) in [5.74, 6) is -2.15. The van der Waals surface area contributed by atoms with E-state index in [4.69, 9.17) is 18.9 Å². The minimum absolute atomic E-state index is 0.118. The Morgan fingerprint density at radius 2 is 1.85 bits per heavy atom. The highest BCUT2D eigenvalue weighted by Crippen LogP contribution is 2.48. The number of fused-ring (bicyclic) bond motifs is 4. The van der Waals surface area contributed by atoms with Crippen molar-refractivity contribution >= 4 is 17.6 Å². The van der Waals surface area contributed by atoms with E-state index < -0.39 is 40.5 Å². The van der Waals surface area contributed by atoms with Gasteiger partial charge in [-0.05, 0) is 26.0 Å². The lowest BCUT2D eigenvalue weighted by Gasteiger charge is -2.32. The zero-order valence-corrected chi connectivity index (χ0v) is 14.2. The zero-order chi connectivity index (χ0) is 18.7. The van der Waals surface area contributed by atoms with Crippen LogP contribution in [0.15, 0.2) is 24.3 Å². The van der Waals surface area contributed by atoms with Gasteiger partial charge in [0.1, 0.15) is 12.2 Å². The van der Waals surface area contributed by atoms with Crippen LogP contribution >= 0.6 is 0 Å². The van der Waals surface area contributed by atoms with Crippen LogP contribution in [0.1, 0.15) is 37.0 Å². The molecule has 0 spiro atoms. The fourth-order valence-corrected chi connectivity index (χ4v) is 3.79. The molecule has 1 aliphatic carbocycles. The van der Waals surface area contributed by atoms with Crippen molar-refractivity contribution in [2.45, 2.75) is 56.4 Å². The summed E-state index contributed by atoms with van der Waals surface area (Å²) in [6, 6.07) is 4.99. The number of hydrogen-bond acceptors (Lipinski definition) is 8. The Labute approximate surface area is 148 Å². The van der Waals surface area contributed by atoms with Crippen LogP contribution in [0.2, 0.25) is 0 Å². The number of nitrogens with zero attached hydrogens (tertiary/aromatic N) is 1. The van der Waals surface area contributed by atoms with Gasteiger partial charge in [0.15, 0.2) is 5.79 Å². The molecule has 2 saturated heterocycles. The summed E-state index contributed by atoms with van der Waals surface area (Å²) in [6.45, 7) is 3.55. The van der Waals surface area contributed by atoms with Gasteiger partial charge in [-0.3, -0.25) is 10.1 Å². The van der Waals surface area contributed by atoms with Gasteiger partial charge in [-0.15, -0.1) is 0 Å². The minimum atomic E-state index is -1.42. The maximum absolute atomic E-state index is 12.5. The molecule has 0 amide bonds. The van der Waals surface area contributed by atoms with Gasteiger partial charge in [-0.2, -0.15) is 0 Å². The second kappa shape index (κ2) is 5.49. The van der Waals surface area contributed by atoms with Gasteiger partial charge >= 0.3 is 11.9 Å². The Kier molecular flexibility index (Phi) is 3.57. The summed E-state index contributed by atoms with van der Waals surface area (Å²) in [7, 11) is 0. The summed E-state index contributed by atoms with van der Waals surface area (Å²) < 4.78 is 22.5. The fourth-order valence-electron chi connectivity index (χ4n) is 3.79. The minimum Gasteiger partial charge on any atom is -0.456 e. The van der Waals surface area contributed by atoms with Crippen LogP contribution in [-0.2, 0) is 23.7 Å². The molecule has 1 aromatic carbocycles. The average molecular weight is 363 g/mol. The van der Waals surface area contributed by atoms with Gasteiger partial charge in [-0.25, -0.2) is 9.59 Å². The largest absolute Gasteiger partial charge is 0.456 e. The molecule has 4 rings (SSSR count). The van der Waals surface area contributed by atoms with Crippen molar-refractivity contribution in [3.8, 4) is 0 Å². The summed E-state index contributed by atoms with van der Waals surface area (Å²) in [6.07, 6.45) is -0.990. The van der Waals surface area contributed by atoms with Crippen molar-refractivity contribution in [1.29, 1.82) is 0 Å². The molecule has 1 aromatic rings. The first-order valence-corrected chi connectivity index (χ1v) is 8.24. The smallest absolute Gasteiger partial charge is 0.351 e. The number of carbonyl (C=O) groups excluding carboxylic acids is 2. The highest BCUT2D eigenvalue weighted by Gasteiger charge is 2.65. The highest BCUT2D eigenvalue weighted by atomic mass is 16.8. The Morgan fingerprint density at radius 3 is 2.50 bits per heavy atom. The SMILES string of the molecule is CC1(C)O[C@H]2[C@@H]3C[C@@](OC(=O)c4ccc([N+](=O)[O-])cc4)(C[C@H]2O1)C(=O)O3. The average Bonchev–Trinajstić information content (AvgIpc) is 3.02. The van der Waals surface area contributed by atoms with Crippen LogP contribution in [0.25, 0.3) is 0 Å². The molecule has 0 radical (unpaired) electrons. The Hall–Kier alpha value is -2.52. The number of nitro groups is 1. The van der Waals surface area contributed by atoms with E-state index >= 15 is 0 Å².